The number of nitrogens with zero attached hydrogens (tertiary/aromatic N) is 4. The zero-order valence-corrected chi connectivity index (χ0v) is 10.3. The Kier molecular flexibility index (Phi) is 4.03. The van der Waals surface area contributed by atoms with Crippen molar-refractivity contribution in [2.45, 2.75) is 6.54 Å². The van der Waals surface area contributed by atoms with E-state index in [1.807, 2.05) is 0 Å². The Morgan fingerprint density at radius 3 is 2.50 bits per heavy atom. The lowest BCUT2D eigenvalue weighted by Gasteiger charge is -2.15. The van der Waals surface area contributed by atoms with Gasteiger partial charge in [0.25, 0.3) is 5.91 Å². The summed E-state index contributed by atoms with van der Waals surface area (Å²) in [6.45, 7) is -0.394. The molecule has 18 heavy (non-hydrogen) atoms. The van der Waals surface area contributed by atoms with Crippen LogP contribution in [0.1, 0.15) is 10.5 Å². The Balaban J connectivity index is 3.29. The molecule has 0 aromatic carbocycles. The molecule has 1 rings (SSSR count). The lowest BCUT2D eigenvalue weighted by Crippen LogP contribution is -2.28. The van der Waals surface area contributed by atoms with Crippen LogP contribution in [0.15, 0.2) is 6.33 Å². The van der Waals surface area contributed by atoms with Crippen molar-refractivity contribution in [3.8, 4) is 0 Å². The second kappa shape index (κ2) is 5.30. The molecular formula is C10H14N4O4. The van der Waals surface area contributed by atoms with Crippen LogP contribution in [0, 0.1) is 0 Å². The van der Waals surface area contributed by atoms with Gasteiger partial charge in [0.1, 0.15) is 6.54 Å². The minimum atomic E-state index is -1.10. The van der Waals surface area contributed by atoms with Crippen LogP contribution in [0.5, 0.6) is 0 Å². The predicted octanol–water partition coefficient (Wildman–Crippen LogP) is -0.738. The van der Waals surface area contributed by atoms with Crippen LogP contribution >= 0.6 is 0 Å². The molecule has 0 fully saturated rings. The highest BCUT2D eigenvalue weighted by molar-refractivity contribution is 5.99. The third kappa shape index (κ3) is 2.65. The molecule has 1 N–H and O–H groups in total. The van der Waals surface area contributed by atoms with Crippen LogP contribution in [0.25, 0.3) is 0 Å². The fraction of sp³-hybridized carbons (Fsp3) is 0.400. The molecule has 98 valence electrons. The van der Waals surface area contributed by atoms with Gasteiger partial charge in [0.2, 0.25) is 6.41 Å². The Hall–Kier alpha value is -2.38. The molecule has 1 aromatic rings. The summed E-state index contributed by atoms with van der Waals surface area (Å²) in [5, 5.41) is 8.76. The van der Waals surface area contributed by atoms with Crippen molar-refractivity contribution in [3.05, 3.63) is 12.0 Å². The maximum atomic E-state index is 12.0. The second-order valence-electron chi connectivity index (χ2n) is 3.85. The van der Waals surface area contributed by atoms with Gasteiger partial charge in [-0.1, -0.05) is 0 Å². The summed E-state index contributed by atoms with van der Waals surface area (Å²) in [5.41, 5.74) is 0.0667. The van der Waals surface area contributed by atoms with Crippen LogP contribution in [-0.2, 0) is 16.1 Å². The van der Waals surface area contributed by atoms with Crippen molar-refractivity contribution in [1.82, 2.24) is 14.5 Å². The first kappa shape index (κ1) is 13.7. The van der Waals surface area contributed by atoms with Gasteiger partial charge in [-0.05, 0) is 0 Å². The van der Waals surface area contributed by atoms with Crippen LogP contribution in [0.2, 0.25) is 0 Å². The fourth-order valence-electron chi connectivity index (χ4n) is 1.38. The number of carbonyl (C=O) groups excluding carboxylic acids is 2. The Morgan fingerprint density at radius 2 is 2.06 bits per heavy atom. The molecule has 0 bridgehead atoms. The molecule has 0 atom stereocenters. The van der Waals surface area contributed by atoms with Crippen LogP contribution < -0.4 is 4.90 Å². The first-order chi connectivity index (χ1) is 8.38. The highest BCUT2D eigenvalue weighted by Gasteiger charge is 2.23. The van der Waals surface area contributed by atoms with Gasteiger partial charge >= 0.3 is 5.97 Å². The van der Waals surface area contributed by atoms with Crippen molar-refractivity contribution < 1.29 is 19.5 Å². The van der Waals surface area contributed by atoms with Crippen molar-refractivity contribution >= 4 is 24.1 Å². The summed E-state index contributed by atoms with van der Waals surface area (Å²) in [5.74, 6) is -1.39. The zero-order valence-electron chi connectivity index (χ0n) is 10.3. The minimum Gasteiger partial charge on any atom is -0.480 e. The van der Waals surface area contributed by atoms with Gasteiger partial charge in [-0.3, -0.25) is 14.4 Å². The summed E-state index contributed by atoms with van der Waals surface area (Å²) >= 11 is 0. The number of rotatable bonds is 5. The van der Waals surface area contributed by atoms with E-state index in [0.717, 1.165) is 4.90 Å². The summed E-state index contributed by atoms with van der Waals surface area (Å²) in [6, 6.07) is 0. The molecular weight excluding hydrogens is 240 g/mol. The van der Waals surface area contributed by atoms with Crippen LogP contribution in [0.4, 0.5) is 5.82 Å². The number of aromatic nitrogens is 2. The van der Waals surface area contributed by atoms with Crippen LogP contribution in [0.3, 0.4) is 0 Å². The molecule has 0 saturated heterocycles. The van der Waals surface area contributed by atoms with Gasteiger partial charge in [0.15, 0.2) is 11.5 Å². The first-order valence-electron chi connectivity index (χ1n) is 5.05. The van der Waals surface area contributed by atoms with Gasteiger partial charge in [-0.25, -0.2) is 4.98 Å². The Labute approximate surface area is 103 Å². The lowest BCUT2D eigenvalue weighted by atomic mass is 10.3. The molecule has 0 aliphatic heterocycles. The van der Waals surface area contributed by atoms with Crippen LogP contribution in [-0.4, -0.2) is 59.0 Å². The van der Waals surface area contributed by atoms with E-state index in [1.54, 1.807) is 0 Å². The van der Waals surface area contributed by atoms with Crippen molar-refractivity contribution in [2.75, 3.05) is 26.0 Å². The Bertz CT molecular complexity index is 480. The zero-order chi connectivity index (χ0) is 13.9. The highest BCUT2D eigenvalue weighted by Crippen LogP contribution is 2.18. The maximum absolute atomic E-state index is 12.0. The number of carboxylic acid groups (broad SMARTS) is 1. The number of anilines is 1. The number of hydrogen-bond donors (Lipinski definition) is 1. The lowest BCUT2D eigenvalue weighted by molar-refractivity contribution is -0.137. The minimum absolute atomic E-state index is 0.0667. The molecule has 0 saturated carbocycles. The average molecular weight is 254 g/mol. The second-order valence-corrected chi connectivity index (χ2v) is 3.85. The van der Waals surface area contributed by atoms with Gasteiger partial charge < -0.3 is 19.5 Å². The number of carboxylic acids is 1. The SMILES string of the molecule is CN(C)C(=O)c1c(N(C)C=O)ncn1CC(=O)O. The van der Waals surface area contributed by atoms with E-state index in [4.69, 9.17) is 5.11 Å². The summed E-state index contributed by atoms with van der Waals surface area (Å²) in [7, 11) is 4.50. The van der Waals surface area contributed by atoms with E-state index in [0.29, 0.717) is 6.41 Å². The molecule has 0 aliphatic rings. The Morgan fingerprint density at radius 1 is 1.44 bits per heavy atom. The summed E-state index contributed by atoms with van der Waals surface area (Å²) < 4.78 is 1.19. The van der Waals surface area contributed by atoms with Gasteiger partial charge in [-0.2, -0.15) is 0 Å². The fourth-order valence-corrected chi connectivity index (χ4v) is 1.38. The monoisotopic (exact) mass is 254 g/mol. The molecule has 0 unspecified atom stereocenters. The third-order valence-corrected chi connectivity index (χ3v) is 2.22. The molecule has 8 heteroatoms. The van der Waals surface area contributed by atoms with Crippen molar-refractivity contribution in [1.29, 1.82) is 0 Å². The van der Waals surface area contributed by atoms with E-state index < -0.39 is 18.4 Å². The highest BCUT2D eigenvalue weighted by atomic mass is 16.4. The molecule has 0 radical (unpaired) electrons. The van der Waals surface area contributed by atoms with E-state index >= 15 is 0 Å². The number of amides is 2. The van der Waals surface area contributed by atoms with E-state index in [-0.39, 0.29) is 11.5 Å². The topological polar surface area (TPSA) is 95.7 Å². The number of carbonyl (C=O) groups is 3. The summed E-state index contributed by atoms with van der Waals surface area (Å²) in [6.07, 6.45) is 1.72. The van der Waals surface area contributed by atoms with Gasteiger partial charge in [0.05, 0.1) is 6.33 Å². The molecule has 8 nitrogen and oxygen atoms in total. The predicted molar refractivity (Wildman–Crippen MR) is 62.3 cm³/mol. The average Bonchev–Trinajstić information content (AvgIpc) is 2.69. The molecule has 1 heterocycles. The number of imidazole rings is 1. The van der Waals surface area contributed by atoms with Gasteiger partial charge in [-0.15, -0.1) is 0 Å². The van der Waals surface area contributed by atoms with E-state index in [9.17, 15) is 14.4 Å². The van der Waals surface area contributed by atoms with Crippen molar-refractivity contribution in [2.24, 2.45) is 0 Å². The smallest absolute Gasteiger partial charge is 0.323 e. The molecule has 0 aliphatic carbocycles. The van der Waals surface area contributed by atoms with E-state index in [1.165, 1.54) is 36.9 Å². The summed E-state index contributed by atoms with van der Waals surface area (Å²) in [4.78, 5) is 39.7. The first-order valence-corrected chi connectivity index (χ1v) is 5.05. The molecule has 1 aromatic heterocycles. The maximum Gasteiger partial charge on any atom is 0.323 e. The number of hydrogen-bond acceptors (Lipinski definition) is 4. The largest absolute Gasteiger partial charge is 0.480 e. The normalized spacial score (nSPS) is 9.94. The van der Waals surface area contributed by atoms with Crippen molar-refractivity contribution in [3.63, 3.8) is 0 Å². The van der Waals surface area contributed by atoms with Gasteiger partial charge in [0, 0.05) is 21.1 Å². The standard InChI is InChI=1S/C10H14N4O4/c1-12(2)10(18)8-9(13(3)6-15)11-5-14(8)4-7(16)17/h5-6H,4H2,1-3H3,(H,16,17). The third-order valence-electron chi connectivity index (χ3n) is 2.22. The molecule has 2 amide bonds. The quantitative estimate of drug-likeness (QED) is 0.698. The number of aliphatic carboxylic acids is 1. The molecule has 0 spiro atoms. The van der Waals surface area contributed by atoms with E-state index in [2.05, 4.69) is 4.98 Å².